The Morgan fingerprint density at radius 1 is 1.09 bits per heavy atom. The van der Waals surface area contributed by atoms with E-state index in [4.69, 9.17) is 0 Å². The largest absolute Gasteiger partial charge is 0.481 e. The molecule has 4 aliphatic rings. The van der Waals surface area contributed by atoms with Gasteiger partial charge in [-0.05, 0) is 61.1 Å². The number of carbonyl (C=O) groups excluding carboxylic acids is 1. The van der Waals surface area contributed by atoms with E-state index in [1.165, 1.54) is 0 Å². The standard InChI is InChI=1S/C19H21NO3/c1-9-3-4-10(2)15(7-9)20-18(21)16-11-5-6-12(14-8-13(11)14)17(16)19(22)23/h3-7,11-14,16-17H,8H2,1-2H3,(H,20,21)(H,22,23). The summed E-state index contributed by atoms with van der Waals surface area (Å²) in [5.41, 5.74) is 2.86. The van der Waals surface area contributed by atoms with Crippen LogP contribution in [0.3, 0.4) is 0 Å². The molecule has 120 valence electrons. The molecule has 23 heavy (non-hydrogen) atoms. The maximum absolute atomic E-state index is 12.9. The number of carboxylic acids is 1. The van der Waals surface area contributed by atoms with Crippen LogP contribution in [-0.2, 0) is 9.59 Å². The second-order valence-electron chi connectivity index (χ2n) is 7.30. The van der Waals surface area contributed by atoms with E-state index >= 15 is 0 Å². The minimum atomic E-state index is -0.837. The van der Waals surface area contributed by atoms with E-state index in [0.29, 0.717) is 11.8 Å². The van der Waals surface area contributed by atoms with E-state index in [9.17, 15) is 14.7 Å². The summed E-state index contributed by atoms with van der Waals surface area (Å²) >= 11 is 0. The number of carbonyl (C=O) groups is 2. The highest BCUT2D eigenvalue weighted by molar-refractivity contribution is 5.96. The van der Waals surface area contributed by atoms with Gasteiger partial charge in [-0.15, -0.1) is 0 Å². The third kappa shape index (κ3) is 2.19. The summed E-state index contributed by atoms with van der Waals surface area (Å²) in [5, 5.41) is 12.7. The predicted molar refractivity (Wildman–Crippen MR) is 86.9 cm³/mol. The molecule has 0 heterocycles. The smallest absolute Gasteiger partial charge is 0.307 e. The Kier molecular flexibility index (Phi) is 3.12. The first-order chi connectivity index (χ1) is 11.0. The molecule has 0 spiro atoms. The fourth-order valence-corrected chi connectivity index (χ4v) is 4.66. The van der Waals surface area contributed by atoms with Crippen LogP contribution >= 0.6 is 0 Å². The summed E-state index contributed by atoms with van der Waals surface area (Å²) in [6.07, 6.45) is 5.20. The molecule has 6 atom stereocenters. The molecule has 0 aromatic heterocycles. The van der Waals surface area contributed by atoms with Crippen molar-refractivity contribution in [3.63, 3.8) is 0 Å². The van der Waals surface area contributed by atoms with Gasteiger partial charge in [-0.3, -0.25) is 9.59 Å². The van der Waals surface area contributed by atoms with Gasteiger partial charge in [0.25, 0.3) is 0 Å². The third-order valence-electron chi connectivity index (χ3n) is 5.89. The van der Waals surface area contributed by atoms with Crippen molar-refractivity contribution in [3.05, 3.63) is 41.5 Å². The summed E-state index contributed by atoms with van der Waals surface area (Å²) in [4.78, 5) is 24.7. The van der Waals surface area contributed by atoms with E-state index in [0.717, 1.165) is 23.2 Å². The number of amides is 1. The highest BCUT2D eigenvalue weighted by Crippen LogP contribution is 2.63. The van der Waals surface area contributed by atoms with Gasteiger partial charge in [-0.2, -0.15) is 0 Å². The zero-order chi connectivity index (χ0) is 16.3. The van der Waals surface area contributed by atoms with Gasteiger partial charge >= 0.3 is 5.97 Å². The molecule has 2 N–H and O–H groups in total. The Morgan fingerprint density at radius 2 is 1.74 bits per heavy atom. The quantitative estimate of drug-likeness (QED) is 0.843. The van der Waals surface area contributed by atoms with Crippen LogP contribution in [0.4, 0.5) is 5.69 Å². The Morgan fingerprint density at radius 3 is 2.39 bits per heavy atom. The second kappa shape index (κ2) is 4.95. The minimum Gasteiger partial charge on any atom is -0.481 e. The minimum absolute atomic E-state index is 0.0249. The molecule has 0 aliphatic heterocycles. The number of fused-ring (bicyclic) bond motifs is 1. The van der Waals surface area contributed by atoms with Gasteiger partial charge in [0.1, 0.15) is 0 Å². The van der Waals surface area contributed by atoms with E-state index in [-0.39, 0.29) is 17.7 Å². The van der Waals surface area contributed by atoms with Gasteiger partial charge in [0, 0.05) is 5.69 Å². The molecule has 4 nitrogen and oxygen atoms in total. The van der Waals surface area contributed by atoms with Crippen LogP contribution in [0.2, 0.25) is 0 Å². The lowest BCUT2D eigenvalue weighted by Gasteiger charge is -2.41. The first-order valence-corrected chi connectivity index (χ1v) is 8.26. The maximum atomic E-state index is 12.9. The number of aliphatic carboxylic acids is 1. The van der Waals surface area contributed by atoms with Crippen molar-refractivity contribution in [1.29, 1.82) is 0 Å². The summed E-state index contributed by atoms with van der Waals surface area (Å²) < 4.78 is 0. The van der Waals surface area contributed by atoms with Crippen LogP contribution in [-0.4, -0.2) is 17.0 Å². The Balaban J connectivity index is 1.63. The Hall–Kier alpha value is -2.10. The summed E-state index contributed by atoms with van der Waals surface area (Å²) in [5.74, 6) is -0.921. The van der Waals surface area contributed by atoms with Crippen LogP contribution in [0.25, 0.3) is 0 Å². The molecule has 4 heteroatoms. The normalized spacial score (nSPS) is 36.4. The highest BCUT2D eigenvalue weighted by atomic mass is 16.4. The number of anilines is 1. The van der Waals surface area contributed by atoms with Crippen LogP contribution in [0.15, 0.2) is 30.4 Å². The molecule has 2 bridgehead atoms. The van der Waals surface area contributed by atoms with Gasteiger partial charge in [-0.25, -0.2) is 0 Å². The molecule has 0 saturated heterocycles. The van der Waals surface area contributed by atoms with Gasteiger partial charge in [-0.1, -0.05) is 24.3 Å². The number of aryl methyl sites for hydroxylation is 2. The Bertz CT molecular complexity index is 723. The van der Waals surface area contributed by atoms with E-state index in [1.54, 1.807) is 0 Å². The molecule has 2 fully saturated rings. The number of hydrogen-bond donors (Lipinski definition) is 2. The number of benzene rings is 1. The van der Waals surface area contributed by atoms with Crippen molar-refractivity contribution in [2.75, 3.05) is 5.32 Å². The monoisotopic (exact) mass is 311 g/mol. The average molecular weight is 311 g/mol. The summed E-state index contributed by atoms with van der Waals surface area (Å²) in [6.45, 7) is 3.93. The molecule has 4 aliphatic carbocycles. The van der Waals surface area contributed by atoms with Gasteiger partial charge in [0.05, 0.1) is 11.8 Å². The number of carboxylic acid groups (broad SMARTS) is 1. The lowest BCUT2D eigenvalue weighted by molar-refractivity contribution is -0.152. The summed E-state index contributed by atoms with van der Waals surface area (Å²) in [6, 6.07) is 5.93. The Labute approximate surface area is 135 Å². The van der Waals surface area contributed by atoms with Crippen LogP contribution in [0.1, 0.15) is 17.5 Å². The topological polar surface area (TPSA) is 66.4 Å². The first kappa shape index (κ1) is 14.5. The van der Waals surface area contributed by atoms with Crippen molar-refractivity contribution in [2.24, 2.45) is 35.5 Å². The maximum Gasteiger partial charge on any atom is 0.307 e. The predicted octanol–water partition coefficient (Wildman–Crippen LogP) is 3.01. The van der Waals surface area contributed by atoms with Crippen LogP contribution in [0.5, 0.6) is 0 Å². The van der Waals surface area contributed by atoms with Crippen molar-refractivity contribution >= 4 is 17.6 Å². The number of hydrogen-bond acceptors (Lipinski definition) is 2. The van der Waals surface area contributed by atoms with Gasteiger partial charge in [0.2, 0.25) is 5.91 Å². The molecule has 1 amide bonds. The lowest BCUT2D eigenvalue weighted by atomic mass is 9.62. The second-order valence-corrected chi connectivity index (χ2v) is 7.30. The van der Waals surface area contributed by atoms with Crippen molar-refractivity contribution in [1.82, 2.24) is 0 Å². The average Bonchev–Trinajstić information content (AvgIpc) is 3.32. The fourth-order valence-electron chi connectivity index (χ4n) is 4.66. The van der Waals surface area contributed by atoms with Crippen molar-refractivity contribution in [3.8, 4) is 0 Å². The van der Waals surface area contributed by atoms with Crippen LogP contribution < -0.4 is 5.32 Å². The van der Waals surface area contributed by atoms with Gasteiger partial charge < -0.3 is 10.4 Å². The molecule has 5 rings (SSSR count). The molecule has 6 unspecified atom stereocenters. The molecule has 2 saturated carbocycles. The van der Waals surface area contributed by atoms with E-state index in [1.807, 2.05) is 38.1 Å². The summed E-state index contributed by atoms with van der Waals surface area (Å²) in [7, 11) is 0. The van der Waals surface area contributed by atoms with Gasteiger partial charge in [0.15, 0.2) is 0 Å². The van der Waals surface area contributed by atoms with Crippen molar-refractivity contribution < 1.29 is 14.7 Å². The molecular weight excluding hydrogens is 290 g/mol. The number of allylic oxidation sites excluding steroid dienone is 2. The zero-order valence-electron chi connectivity index (χ0n) is 13.3. The number of rotatable bonds is 3. The molecule has 0 radical (unpaired) electrons. The SMILES string of the molecule is Cc1ccc(C)c(NC(=O)C2C3C=CC(C4CC34)C2C(=O)O)c1. The fraction of sp³-hybridized carbons (Fsp3) is 0.474. The number of nitrogens with one attached hydrogen (secondary N) is 1. The zero-order valence-corrected chi connectivity index (χ0v) is 13.3. The molecular formula is C19H21NO3. The molecule has 1 aromatic rings. The van der Waals surface area contributed by atoms with E-state index in [2.05, 4.69) is 11.4 Å². The highest BCUT2D eigenvalue weighted by Gasteiger charge is 2.62. The van der Waals surface area contributed by atoms with Crippen LogP contribution in [0, 0.1) is 49.4 Å². The molecule has 1 aromatic carbocycles. The third-order valence-corrected chi connectivity index (χ3v) is 5.89. The first-order valence-electron chi connectivity index (χ1n) is 8.26. The lowest BCUT2D eigenvalue weighted by Crippen LogP contribution is -2.48. The van der Waals surface area contributed by atoms with E-state index < -0.39 is 17.8 Å². The van der Waals surface area contributed by atoms with Crippen molar-refractivity contribution in [2.45, 2.75) is 20.3 Å².